The number of anilines is 1. The summed E-state index contributed by atoms with van der Waals surface area (Å²) in [5.41, 5.74) is 0.684. The lowest BCUT2D eigenvalue weighted by molar-refractivity contribution is 0.434. The Morgan fingerprint density at radius 2 is 2.32 bits per heavy atom. The second kappa shape index (κ2) is 5.48. The topological polar surface area (TPSA) is 71.2 Å². The minimum atomic E-state index is 0.509. The van der Waals surface area contributed by atoms with Crippen LogP contribution in [-0.2, 0) is 0 Å². The third kappa shape index (κ3) is 2.51. The van der Waals surface area contributed by atoms with Crippen molar-refractivity contribution in [2.24, 2.45) is 0 Å². The number of piperidine rings is 1. The van der Waals surface area contributed by atoms with Crippen LogP contribution in [-0.4, -0.2) is 50.9 Å². The largest absolute Gasteiger partial charge is 0.351 e. The maximum atomic E-state index is 4.50. The van der Waals surface area contributed by atoms with Crippen molar-refractivity contribution in [1.29, 1.82) is 0 Å². The number of hydrogen-bond donors (Lipinski definition) is 1. The zero-order valence-electron chi connectivity index (χ0n) is 11.2. The number of tetrazole rings is 1. The molecule has 0 aromatic carbocycles. The molecule has 19 heavy (non-hydrogen) atoms. The fraction of sp³-hybridized carbons (Fsp3) is 0.667. The summed E-state index contributed by atoms with van der Waals surface area (Å²) in [6.45, 7) is 5.20. The number of rotatable bonds is 4. The van der Waals surface area contributed by atoms with Gasteiger partial charge < -0.3 is 10.2 Å². The van der Waals surface area contributed by atoms with E-state index in [4.69, 9.17) is 0 Å². The van der Waals surface area contributed by atoms with E-state index >= 15 is 0 Å². The first-order chi connectivity index (χ1) is 9.38. The van der Waals surface area contributed by atoms with Gasteiger partial charge in [0.15, 0.2) is 11.5 Å². The van der Waals surface area contributed by atoms with E-state index in [0.29, 0.717) is 11.7 Å². The van der Waals surface area contributed by atoms with Crippen LogP contribution in [0.4, 0.5) is 5.82 Å². The van der Waals surface area contributed by atoms with Crippen LogP contribution in [0.5, 0.6) is 0 Å². The van der Waals surface area contributed by atoms with Gasteiger partial charge in [-0.25, -0.2) is 0 Å². The molecule has 3 rings (SSSR count). The van der Waals surface area contributed by atoms with Gasteiger partial charge in [0.05, 0.1) is 0 Å². The summed E-state index contributed by atoms with van der Waals surface area (Å²) in [5.74, 6) is 0.961. The van der Waals surface area contributed by atoms with Crippen LogP contribution in [0, 0.1) is 0 Å². The van der Waals surface area contributed by atoms with Gasteiger partial charge in [-0.3, -0.25) is 0 Å². The second-order valence-electron chi connectivity index (χ2n) is 4.87. The van der Waals surface area contributed by atoms with Crippen LogP contribution in [0.25, 0.3) is 5.65 Å². The number of nitrogens with one attached hydrogen (secondary N) is 1. The van der Waals surface area contributed by atoms with Gasteiger partial charge in [-0.1, -0.05) is 6.92 Å². The first kappa shape index (κ1) is 12.3. The van der Waals surface area contributed by atoms with Crippen LogP contribution in [0.2, 0.25) is 0 Å². The van der Waals surface area contributed by atoms with Gasteiger partial charge in [-0.2, -0.15) is 0 Å². The summed E-state index contributed by atoms with van der Waals surface area (Å²) in [4.78, 5) is 2.37. The number of likely N-dealkylation sites (N-methyl/N-ethyl adjacent to an activating group) is 1. The van der Waals surface area contributed by atoms with Crippen LogP contribution < -0.4 is 10.2 Å². The highest BCUT2D eigenvalue weighted by atomic mass is 15.6. The Bertz CT molecular complexity index is 538. The molecule has 1 aliphatic heterocycles. The Morgan fingerprint density at radius 1 is 1.37 bits per heavy atom. The van der Waals surface area contributed by atoms with Gasteiger partial charge in [0, 0.05) is 19.1 Å². The molecule has 1 fully saturated rings. The molecule has 0 radical (unpaired) electrons. The van der Waals surface area contributed by atoms with E-state index in [-0.39, 0.29) is 0 Å². The molecule has 0 saturated carbocycles. The Balaban J connectivity index is 1.84. The summed E-state index contributed by atoms with van der Waals surface area (Å²) >= 11 is 0. The first-order valence-electron chi connectivity index (χ1n) is 6.91. The van der Waals surface area contributed by atoms with Gasteiger partial charge in [0.2, 0.25) is 0 Å². The lowest BCUT2D eigenvalue weighted by atomic mass is 10.0. The molecule has 1 unspecified atom stereocenters. The first-order valence-corrected chi connectivity index (χ1v) is 6.91. The summed E-state index contributed by atoms with van der Waals surface area (Å²) in [5, 5.41) is 19.3. The van der Waals surface area contributed by atoms with Crippen molar-refractivity contribution in [3.8, 4) is 0 Å². The molecule has 3 heterocycles. The fourth-order valence-corrected chi connectivity index (χ4v) is 2.62. The minimum absolute atomic E-state index is 0.509. The molecule has 7 heteroatoms. The van der Waals surface area contributed by atoms with Crippen molar-refractivity contribution in [3.05, 3.63) is 12.1 Å². The average Bonchev–Trinajstić information content (AvgIpc) is 2.92. The van der Waals surface area contributed by atoms with E-state index < -0.39 is 0 Å². The predicted molar refractivity (Wildman–Crippen MR) is 72.1 cm³/mol. The Hall–Kier alpha value is -1.76. The Labute approximate surface area is 112 Å². The average molecular weight is 261 g/mol. The number of fused-ring (bicyclic) bond motifs is 1. The second-order valence-corrected chi connectivity index (χ2v) is 4.87. The van der Waals surface area contributed by atoms with E-state index in [1.807, 2.05) is 12.1 Å². The molecule has 1 saturated heterocycles. The Kier molecular flexibility index (Phi) is 3.54. The normalized spacial score (nSPS) is 20.1. The third-order valence-corrected chi connectivity index (χ3v) is 3.61. The van der Waals surface area contributed by atoms with E-state index in [0.717, 1.165) is 25.5 Å². The van der Waals surface area contributed by atoms with E-state index in [1.165, 1.54) is 23.9 Å². The van der Waals surface area contributed by atoms with Gasteiger partial charge in [-0.05, 0) is 48.4 Å². The molecule has 1 aliphatic rings. The monoisotopic (exact) mass is 261 g/mol. The molecule has 0 aliphatic carbocycles. The molecule has 1 atom stereocenters. The predicted octanol–water partition coefficient (Wildman–Crippen LogP) is 0.488. The number of nitrogens with zero attached hydrogens (tertiary/aromatic N) is 6. The maximum absolute atomic E-state index is 4.50. The van der Waals surface area contributed by atoms with Crippen molar-refractivity contribution in [2.75, 3.05) is 24.5 Å². The smallest absolute Gasteiger partial charge is 0.200 e. The van der Waals surface area contributed by atoms with Gasteiger partial charge in [-0.15, -0.1) is 14.8 Å². The summed E-state index contributed by atoms with van der Waals surface area (Å²) < 4.78 is 1.49. The maximum Gasteiger partial charge on any atom is 0.200 e. The quantitative estimate of drug-likeness (QED) is 0.863. The van der Waals surface area contributed by atoms with E-state index in [9.17, 15) is 0 Å². The van der Waals surface area contributed by atoms with E-state index in [2.05, 4.69) is 37.8 Å². The molecule has 0 spiro atoms. The lowest BCUT2D eigenvalue weighted by Crippen LogP contribution is -2.46. The molecule has 2 aromatic rings. The summed E-state index contributed by atoms with van der Waals surface area (Å²) in [6, 6.07) is 4.44. The van der Waals surface area contributed by atoms with Crippen molar-refractivity contribution in [3.63, 3.8) is 0 Å². The van der Waals surface area contributed by atoms with Gasteiger partial charge in [0.1, 0.15) is 0 Å². The molecular formula is C12H19N7. The van der Waals surface area contributed by atoms with Crippen molar-refractivity contribution in [2.45, 2.75) is 32.2 Å². The van der Waals surface area contributed by atoms with Crippen molar-refractivity contribution < 1.29 is 0 Å². The van der Waals surface area contributed by atoms with Crippen molar-refractivity contribution >= 4 is 11.5 Å². The standard InChI is InChI=1S/C12H19N7/c1-2-13-9-10-5-3-4-8-18(10)12-7-6-11-14-16-17-19(11)15-12/h6-7,10,13H,2-5,8-9H2,1H3. The summed E-state index contributed by atoms with van der Waals surface area (Å²) in [7, 11) is 0. The highest BCUT2D eigenvalue weighted by molar-refractivity contribution is 5.45. The van der Waals surface area contributed by atoms with Gasteiger partial charge >= 0.3 is 0 Å². The highest BCUT2D eigenvalue weighted by Crippen LogP contribution is 2.22. The highest BCUT2D eigenvalue weighted by Gasteiger charge is 2.23. The number of hydrogen-bond acceptors (Lipinski definition) is 6. The molecule has 102 valence electrons. The Morgan fingerprint density at radius 3 is 3.21 bits per heavy atom. The molecule has 0 amide bonds. The summed E-state index contributed by atoms with van der Waals surface area (Å²) in [6.07, 6.45) is 3.72. The fourth-order valence-electron chi connectivity index (χ4n) is 2.62. The van der Waals surface area contributed by atoms with Crippen LogP contribution >= 0.6 is 0 Å². The minimum Gasteiger partial charge on any atom is -0.351 e. The van der Waals surface area contributed by atoms with Gasteiger partial charge in [0.25, 0.3) is 0 Å². The van der Waals surface area contributed by atoms with Crippen LogP contribution in [0.3, 0.4) is 0 Å². The molecule has 1 N–H and O–H groups in total. The zero-order chi connectivity index (χ0) is 13.1. The molecular weight excluding hydrogens is 242 g/mol. The molecule has 2 aromatic heterocycles. The zero-order valence-corrected chi connectivity index (χ0v) is 11.2. The van der Waals surface area contributed by atoms with E-state index in [1.54, 1.807) is 0 Å². The molecule has 0 bridgehead atoms. The SMILES string of the molecule is CCNCC1CCCCN1c1ccc2nnnn2n1. The lowest BCUT2D eigenvalue weighted by Gasteiger charge is -2.36. The van der Waals surface area contributed by atoms with Crippen LogP contribution in [0.15, 0.2) is 12.1 Å². The third-order valence-electron chi connectivity index (χ3n) is 3.61. The van der Waals surface area contributed by atoms with Crippen LogP contribution in [0.1, 0.15) is 26.2 Å². The molecule has 7 nitrogen and oxygen atoms in total. The number of aromatic nitrogens is 5. The van der Waals surface area contributed by atoms with Crippen molar-refractivity contribution in [1.82, 2.24) is 30.6 Å².